The number of hydrogen-bond acceptors (Lipinski definition) is 3. The van der Waals surface area contributed by atoms with Crippen LogP contribution in [-0.2, 0) is 6.42 Å². The first-order valence-electron chi connectivity index (χ1n) is 6.34. The van der Waals surface area contributed by atoms with Crippen LogP contribution in [0.3, 0.4) is 0 Å². The summed E-state index contributed by atoms with van der Waals surface area (Å²) in [7, 11) is 1.57. The molecule has 0 unspecified atom stereocenters. The Hall–Kier alpha value is -1.59. The van der Waals surface area contributed by atoms with E-state index in [1.807, 2.05) is 13.0 Å². The smallest absolute Gasteiger partial charge is 0.255 e. The molecule has 1 aromatic carbocycles. The Balaban J connectivity index is 2.25. The molecule has 4 nitrogen and oxygen atoms in total. The van der Waals surface area contributed by atoms with Gasteiger partial charge in [-0.2, -0.15) is 0 Å². The standard InChI is InChI=1S/C15H14BrClN2O2/c1-3-11-4-9(5-14(17)18-11)15(20)19-12-6-10(16)7-13(8-12)21-2/h4-8H,3H2,1-2H3,(H,19,20). The van der Waals surface area contributed by atoms with E-state index in [1.165, 1.54) is 0 Å². The van der Waals surface area contributed by atoms with E-state index in [0.29, 0.717) is 28.6 Å². The van der Waals surface area contributed by atoms with Crippen LogP contribution in [-0.4, -0.2) is 18.0 Å². The summed E-state index contributed by atoms with van der Waals surface area (Å²) >= 11 is 9.30. The van der Waals surface area contributed by atoms with Gasteiger partial charge in [0.1, 0.15) is 10.9 Å². The third kappa shape index (κ3) is 4.19. The van der Waals surface area contributed by atoms with E-state index in [9.17, 15) is 4.79 Å². The number of anilines is 1. The topological polar surface area (TPSA) is 51.2 Å². The number of aryl methyl sites for hydroxylation is 1. The van der Waals surface area contributed by atoms with Gasteiger partial charge in [-0.3, -0.25) is 4.79 Å². The Bertz CT molecular complexity index is 677. The number of benzene rings is 1. The predicted molar refractivity (Wildman–Crippen MR) is 87.3 cm³/mol. The molecular weight excluding hydrogens is 356 g/mol. The van der Waals surface area contributed by atoms with Crippen LogP contribution in [0.5, 0.6) is 5.75 Å². The van der Waals surface area contributed by atoms with Crippen molar-refractivity contribution in [2.24, 2.45) is 0 Å². The first-order chi connectivity index (χ1) is 10.0. The highest BCUT2D eigenvalue weighted by molar-refractivity contribution is 9.10. The van der Waals surface area contributed by atoms with Gasteiger partial charge in [0, 0.05) is 27.5 Å². The van der Waals surface area contributed by atoms with E-state index in [4.69, 9.17) is 16.3 Å². The van der Waals surface area contributed by atoms with Crippen LogP contribution in [0.15, 0.2) is 34.8 Å². The highest BCUT2D eigenvalue weighted by atomic mass is 79.9. The third-order valence-corrected chi connectivity index (χ3v) is 3.49. The molecular formula is C15H14BrClN2O2. The van der Waals surface area contributed by atoms with Crippen molar-refractivity contribution < 1.29 is 9.53 Å². The zero-order valence-corrected chi connectivity index (χ0v) is 14.0. The fourth-order valence-corrected chi connectivity index (χ4v) is 2.52. The number of nitrogens with zero attached hydrogens (tertiary/aromatic N) is 1. The highest BCUT2D eigenvalue weighted by Gasteiger charge is 2.10. The number of aromatic nitrogens is 1. The number of amides is 1. The highest BCUT2D eigenvalue weighted by Crippen LogP contribution is 2.25. The van der Waals surface area contributed by atoms with E-state index in [1.54, 1.807) is 31.4 Å². The van der Waals surface area contributed by atoms with Gasteiger partial charge in [0.05, 0.1) is 7.11 Å². The molecule has 6 heteroatoms. The van der Waals surface area contributed by atoms with Gasteiger partial charge in [0.15, 0.2) is 0 Å². The lowest BCUT2D eigenvalue weighted by atomic mass is 10.2. The van der Waals surface area contributed by atoms with Crippen LogP contribution in [0.25, 0.3) is 0 Å². The molecule has 0 aliphatic heterocycles. The fraction of sp³-hybridized carbons (Fsp3) is 0.200. The minimum Gasteiger partial charge on any atom is -0.497 e. The number of rotatable bonds is 4. The average molecular weight is 370 g/mol. The fourth-order valence-electron chi connectivity index (χ4n) is 1.82. The molecule has 1 amide bonds. The molecule has 0 bridgehead atoms. The average Bonchev–Trinajstić information content (AvgIpc) is 2.45. The molecule has 2 rings (SSSR count). The van der Waals surface area contributed by atoms with Crippen LogP contribution in [0, 0.1) is 0 Å². The molecule has 110 valence electrons. The number of methoxy groups -OCH3 is 1. The Morgan fingerprint density at radius 1 is 1.33 bits per heavy atom. The summed E-state index contributed by atoms with van der Waals surface area (Å²) in [5.41, 5.74) is 1.89. The van der Waals surface area contributed by atoms with Crippen LogP contribution in [0.2, 0.25) is 5.15 Å². The number of carbonyl (C=O) groups is 1. The Morgan fingerprint density at radius 3 is 2.76 bits per heavy atom. The lowest BCUT2D eigenvalue weighted by Crippen LogP contribution is -2.13. The van der Waals surface area contributed by atoms with Gasteiger partial charge in [-0.25, -0.2) is 4.98 Å². The summed E-state index contributed by atoms with van der Waals surface area (Å²) in [5.74, 6) is 0.413. The molecule has 0 aliphatic carbocycles. The van der Waals surface area contributed by atoms with Crippen molar-refractivity contribution in [2.75, 3.05) is 12.4 Å². The van der Waals surface area contributed by atoms with Crippen LogP contribution in [0.1, 0.15) is 23.0 Å². The van der Waals surface area contributed by atoms with Gasteiger partial charge in [-0.05, 0) is 30.7 Å². The predicted octanol–water partition coefficient (Wildman–Crippen LogP) is 4.32. The SMILES string of the molecule is CCc1cc(C(=O)Nc2cc(Br)cc(OC)c2)cc(Cl)n1. The Morgan fingerprint density at radius 2 is 2.10 bits per heavy atom. The monoisotopic (exact) mass is 368 g/mol. The molecule has 0 atom stereocenters. The number of carbonyl (C=O) groups excluding carboxylic acids is 1. The summed E-state index contributed by atoms with van der Waals surface area (Å²) in [6, 6.07) is 8.63. The molecule has 2 aromatic rings. The largest absolute Gasteiger partial charge is 0.497 e. The summed E-state index contributed by atoms with van der Waals surface area (Å²) < 4.78 is 5.98. The van der Waals surface area contributed by atoms with E-state index >= 15 is 0 Å². The van der Waals surface area contributed by atoms with E-state index < -0.39 is 0 Å². The van der Waals surface area contributed by atoms with Crippen LogP contribution >= 0.6 is 27.5 Å². The second kappa shape index (κ2) is 6.91. The van der Waals surface area contributed by atoms with Gasteiger partial charge >= 0.3 is 0 Å². The molecule has 0 fully saturated rings. The third-order valence-electron chi connectivity index (χ3n) is 2.84. The summed E-state index contributed by atoms with van der Waals surface area (Å²) in [6.45, 7) is 1.96. The Labute approximate surface area is 136 Å². The van der Waals surface area contributed by atoms with Gasteiger partial charge in [-0.1, -0.05) is 34.5 Å². The molecule has 0 spiro atoms. The maximum absolute atomic E-state index is 12.3. The number of pyridine rings is 1. The number of hydrogen-bond donors (Lipinski definition) is 1. The summed E-state index contributed by atoms with van der Waals surface area (Å²) in [5, 5.41) is 3.13. The Kier molecular flexibility index (Phi) is 5.20. The second-order valence-electron chi connectivity index (χ2n) is 4.36. The minimum absolute atomic E-state index is 0.242. The van der Waals surface area contributed by atoms with Gasteiger partial charge in [0.25, 0.3) is 5.91 Å². The number of nitrogens with one attached hydrogen (secondary N) is 1. The first kappa shape index (κ1) is 15.8. The quantitative estimate of drug-likeness (QED) is 0.817. The summed E-state index contributed by atoms with van der Waals surface area (Å²) in [4.78, 5) is 16.4. The lowest BCUT2D eigenvalue weighted by Gasteiger charge is -2.09. The molecule has 0 saturated heterocycles. The van der Waals surface area contributed by atoms with Gasteiger partial charge in [-0.15, -0.1) is 0 Å². The molecule has 0 saturated carbocycles. The maximum atomic E-state index is 12.3. The molecule has 1 aromatic heterocycles. The molecule has 21 heavy (non-hydrogen) atoms. The van der Waals surface area contributed by atoms with Crippen molar-refractivity contribution in [3.63, 3.8) is 0 Å². The van der Waals surface area contributed by atoms with Crippen molar-refractivity contribution in [3.8, 4) is 5.75 Å². The van der Waals surface area contributed by atoms with Crippen molar-refractivity contribution in [1.82, 2.24) is 4.98 Å². The second-order valence-corrected chi connectivity index (χ2v) is 5.66. The van der Waals surface area contributed by atoms with Crippen molar-refractivity contribution in [1.29, 1.82) is 0 Å². The van der Waals surface area contributed by atoms with E-state index in [2.05, 4.69) is 26.2 Å². The molecule has 0 aliphatic rings. The van der Waals surface area contributed by atoms with Crippen LogP contribution in [0.4, 0.5) is 5.69 Å². The molecule has 1 N–H and O–H groups in total. The minimum atomic E-state index is -0.242. The van der Waals surface area contributed by atoms with Crippen LogP contribution < -0.4 is 10.1 Å². The van der Waals surface area contributed by atoms with Gasteiger partial charge < -0.3 is 10.1 Å². The van der Waals surface area contributed by atoms with E-state index in [-0.39, 0.29) is 5.91 Å². The van der Waals surface area contributed by atoms with Crippen molar-refractivity contribution >= 4 is 39.1 Å². The normalized spacial score (nSPS) is 10.3. The zero-order valence-electron chi connectivity index (χ0n) is 11.6. The maximum Gasteiger partial charge on any atom is 0.255 e. The number of halogens is 2. The first-order valence-corrected chi connectivity index (χ1v) is 7.51. The molecule has 1 heterocycles. The molecule has 0 radical (unpaired) electrons. The van der Waals surface area contributed by atoms with Crippen molar-refractivity contribution in [2.45, 2.75) is 13.3 Å². The zero-order chi connectivity index (χ0) is 15.4. The number of ether oxygens (including phenoxy) is 1. The van der Waals surface area contributed by atoms with Gasteiger partial charge in [0.2, 0.25) is 0 Å². The van der Waals surface area contributed by atoms with E-state index in [0.717, 1.165) is 10.2 Å². The van der Waals surface area contributed by atoms with Crippen molar-refractivity contribution in [3.05, 3.63) is 51.2 Å². The summed E-state index contributed by atoms with van der Waals surface area (Å²) in [6.07, 6.45) is 0.714. The lowest BCUT2D eigenvalue weighted by molar-refractivity contribution is 0.102.